The lowest BCUT2D eigenvalue weighted by Gasteiger charge is -2.17. The number of aromatic amines is 1. The molecule has 4 heterocycles. The highest BCUT2D eigenvalue weighted by Gasteiger charge is 2.24. The third kappa shape index (κ3) is 3.58. The summed E-state index contributed by atoms with van der Waals surface area (Å²) >= 11 is 0. The Morgan fingerprint density at radius 2 is 2.03 bits per heavy atom. The number of aromatic nitrogens is 3. The van der Waals surface area contributed by atoms with Gasteiger partial charge in [0.2, 0.25) is 0 Å². The van der Waals surface area contributed by atoms with Crippen LogP contribution < -0.4 is 0 Å². The maximum Gasteiger partial charge on any atom is 0.143 e. The third-order valence-corrected chi connectivity index (χ3v) is 6.04. The highest BCUT2D eigenvalue weighted by Crippen LogP contribution is 2.28. The summed E-state index contributed by atoms with van der Waals surface area (Å²) in [6, 6.07) is 15.0. The van der Waals surface area contributed by atoms with Crippen LogP contribution in [-0.2, 0) is 13.0 Å². The number of H-pyrrole nitrogens is 1. The molecule has 3 aromatic heterocycles. The normalized spacial score (nSPS) is 17.4. The van der Waals surface area contributed by atoms with Crippen molar-refractivity contribution >= 4 is 10.9 Å². The molecular formula is C24H26N4O. The van der Waals surface area contributed by atoms with Gasteiger partial charge in [-0.1, -0.05) is 23.4 Å². The Balaban J connectivity index is 1.27. The van der Waals surface area contributed by atoms with Gasteiger partial charge in [-0.25, -0.2) is 0 Å². The molecule has 4 aromatic rings. The molecule has 0 amide bonds. The van der Waals surface area contributed by atoms with Gasteiger partial charge >= 0.3 is 0 Å². The topological polar surface area (TPSA) is 58.0 Å². The smallest absolute Gasteiger partial charge is 0.143 e. The van der Waals surface area contributed by atoms with Crippen LogP contribution in [0.2, 0.25) is 0 Å². The molecule has 1 aliphatic heterocycles. The summed E-state index contributed by atoms with van der Waals surface area (Å²) in [6.07, 6.45) is 4.26. The van der Waals surface area contributed by atoms with Gasteiger partial charge in [0.15, 0.2) is 0 Å². The van der Waals surface area contributed by atoms with Gasteiger partial charge in [-0.2, -0.15) is 0 Å². The molecule has 0 bridgehead atoms. The van der Waals surface area contributed by atoms with Crippen molar-refractivity contribution < 1.29 is 4.52 Å². The van der Waals surface area contributed by atoms with Gasteiger partial charge in [-0.15, -0.1) is 0 Å². The van der Waals surface area contributed by atoms with Gasteiger partial charge in [-0.3, -0.25) is 9.88 Å². The van der Waals surface area contributed by atoms with Crippen molar-refractivity contribution in [1.82, 2.24) is 20.0 Å². The molecule has 1 N–H and O–H groups in total. The molecule has 0 unspecified atom stereocenters. The lowest BCUT2D eigenvalue weighted by molar-refractivity contribution is 0.317. The average Bonchev–Trinajstić information content (AvgIpc) is 3.43. The van der Waals surface area contributed by atoms with Crippen LogP contribution in [0.4, 0.5) is 0 Å². The molecule has 5 nitrogen and oxygen atoms in total. The van der Waals surface area contributed by atoms with Crippen molar-refractivity contribution in [2.75, 3.05) is 13.1 Å². The van der Waals surface area contributed by atoms with Gasteiger partial charge in [0.25, 0.3) is 0 Å². The van der Waals surface area contributed by atoms with Gasteiger partial charge in [0.05, 0.1) is 17.0 Å². The summed E-state index contributed by atoms with van der Waals surface area (Å²) in [6.45, 7) is 7.20. The largest absolute Gasteiger partial charge is 0.361 e. The first kappa shape index (κ1) is 18.1. The van der Waals surface area contributed by atoms with Crippen LogP contribution in [0, 0.1) is 19.8 Å². The predicted octanol–water partition coefficient (Wildman–Crippen LogP) is 4.90. The fourth-order valence-corrected chi connectivity index (χ4v) is 4.63. The summed E-state index contributed by atoms with van der Waals surface area (Å²) < 4.78 is 5.32. The first-order valence-corrected chi connectivity index (χ1v) is 10.3. The van der Waals surface area contributed by atoms with Gasteiger partial charge in [0.1, 0.15) is 5.76 Å². The minimum atomic E-state index is 0.646. The van der Waals surface area contributed by atoms with E-state index in [4.69, 9.17) is 9.51 Å². The Hall–Kier alpha value is -2.92. The maximum atomic E-state index is 5.32. The highest BCUT2D eigenvalue weighted by atomic mass is 16.5. The first-order valence-electron chi connectivity index (χ1n) is 10.3. The van der Waals surface area contributed by atoms with E-state index < -0.39 is 0 Å². The molecule has 1 saturated heterocycles. The van der Waals surface area contributed by atoms with Crippen molar-refractivity contribution in [2.45, 2.75) is 33.2 Å². The zero-order valence-corrected chi connectivity index (χ0v) is 17.0. The minimum Gasteiger partial charge on any atom is -0.361 e. The molecule has 5 heteroatoms. The van der Waals surface area contributed by atoms with E-state index in [1.54, 1.807) is 0 Å². The number of aryl methyl sites for hydroxylation is 2. The number of fused-ring (bicyclic) bond motifs is 1. The second-order valence-electron chi connectivity index (χ2n) is 8.16. The number of pyridine rings is 1. The van der Waals surface area contributed by atoms with E-state index in [2.05, 4.69) is 57.5 Å². The van der Waals surface area contributed by atoms with Gasteiger partial charge in [-0.05, 0) is 69.0 Å². The number of hydrogen-bond donors (Lipinski definition) is 1. The molecule has 0 spiro atoms. The van der Waals surface area contributed by atoms with Gasteiger partial charge < -0.3 is 9.51 Å². The lowest BCUT2D eigenvalue weighted by atomic mass is 10.0. The molecule has 29 heavy (non-hydrogen) atoms. The molecule has 1 aliphatic rings. The van der Waals surface area contributed by atoms with Gasteiger partial charge in [0, 0.05) is 35.9 Å². The van der Waals surface area contributed by atoms with Crippen LogP contribution in [0.1, 0.15) is 29.1 Å². The zero-order valence-electron chi connectivity index (χ0n) is 17.0. The molecule has 1 fully saturated rings. The van der Waals surface area contributed by atoms with Crippen LogP contribution in [0.25, 0.3) is 22.2 Å². The summed E-state index contributed by atoms with van der Waals surface area (Å²) in [7, 11) is 0. The van der Waals surface area contributed by atoms with Crippen LogP contribution in [0.15, 0.2) is 53.2 Å². The molecule has 1 aromatic carbocycles. The minimum absolute atomic E-state index is 0.646. The van der Waals surface area contributed by atoms with Crippen molar-refractivity contribution in [1.29, 1.82) is 0 Å². The zero-order chi connectivity index (χ0) is 19.8. The molecule has 5 rings (SSSR count). The molecule has 0 radical (unpaired) electrons. The number of rotatable bonds is 5. The molecule has 0 saturated carbocycles. The van der Waals surface area contributed by atoms with E-state index >= 15 is 0 Å². The van der Waals surface area contributed by atoms with E-state index in [-0.39, 0.29) is 0 Å². The summed E-state index contributed by atoms with van der Waals surface area (Å²) in [5.41, 5.74) is 6.67. The van der Waals surface area contributed by atoms with E-state index in [9.17, 15) is 0 Å². The molecular weight excluding hydrogens is 360 g/mol. The number of hydrogen-bond acceptors (Lipinski definition) is 4. The van der Waals surface area contributed by atoms with E-state index in [1.165, 1.54) is 22.9 Å². The standard InChI is InChI=1S/C24H26N4O/c1-16-24(17(2)29-27-16)23-8-4-6-20(26-23)13-18-10-12-28(14-18)15-19-5-3-7-22-21(19)9-11-25-22/h3-9,11,18,25H,10,12-15H2,1-2H3/t18-/m0/s1. The fourth-order valence-electron chi connectivity index (χ4n) is 4.63. The number of nitrogens with one attached hydrogen (secondary N) is 1. The van der Waals surface area contributed by atoms with E-state index in [0.717, 1.165) is 54.5 Å². The van der Waals surface area contributed by atoms with Crippen LogP contribution in [0.3, 0.4) is 0 Å². The Kier molecular flexibility index (Phi) is 4.68. The molecule has 148 valence electrons. The number of benzene rings is 1. The Morgan fingerprint density at radius 3 is 2.90 bits per heavy atom. The average molecular weight is 386 g/mol. The SMILES string of the molecule is Cc1noc(C)c1-c1cccc(C[C@@H]2CCN(Cc3cccc4[nH]ccc34)C2)n1. The quantitative estimate of drug-likeness (QED) is 0.530. The maximum absolute atomic E-state index is 5.32. The summed E-state index contributed by atoms with van der Waals surface area (Å²) in [4.78, 5) is 10.8. The fraction of sp³-hybridized carbons (Fsp3) is 0.333. The summed E-state index contributed by atoms with van der Waals surface area (Å²) in [5.74, 6) is 1.48. The van der Waals surface area contributed by atoms with Crippen LogP contribution >= 0.6 is 0 Å². The van der Waals surface area contributed by atoms with Crippen molar-refractivity contribution in [3.8, 4) is 11.3 Å². The monoisotopic (exact) mass is 386 g/mol. The lowest BCUT2D eigenvalue weighted by Crippen LogP contribution is -2.20. The number of likely N-dealkylation sites (tertiary alicyclic amines) is 1. The Morgan fingerprint density at radius 1 is 1.14 bits per heavy atom. The molecule has 0 aliphatic carbocycles. The predicted molar refractivity (Wildman–Crippen MR) is 115 cm³/mol. The van der Waals surface area contributed by atoms with Crippen molar-refractivity contribution in [3.63, 3.8) is 0 Å². The number of nitrogens with zero attached hydrogens (tertiary/aromatic N) is 3. The molecule has 1 atom stereocenters. The van der Waals surface area contributed by atoms with E-state index in [0.29, 0.717) is 5.92 Å². The Bertz CT molecular complexity index is 1120. The second kappa shape index (κ2) is 7.48. The summed E-state index contributed by atoms with van der Waals surface area (Å²) in [5, 5.41) is 5.41. The third-order valence-electron chi connectivity index (χ3n) is 6.04. The van der Waals surface area contributed by atoms with Crippen LogP contribution in [0.5, 0.6) is 0 Å². The first-order chi connectivity index (χ1) is 14.2. The second-order valence-corrected chi connectivity index (χ2v) is 8.16. The van der Waals surface area contributed by atoms with E-state index in [1.807, 2.05) is 20.0 Å². The van der Waals surface area contributed by atoms with Crippen molar-refractivity contribution in [2.24, 2.45) is 5.92 Å². The van der Waals surface area contributed by atoms with Crippen LogP contribution in [-0.4, -0.2) is 33.1 Å². The highest BCUT2D eigenvalue weighted by molar-refractivity contribution is 5.82. The Labute approximate surface area is 170 Å². The van der Waals surface area contributed by atoms with Crippen molar-refractivity contribution in [3.05, 3.63) is 71.4 Å².